The van der Waals surface area contributed by atoms with Gasteiger partial charge in [-0.2, -0.15) is 0 Å². The number of carbonyl (C=O) groups excluding carboxylic acids is 3. The van der Waals surface area contributed by atoms with Crippen LogP contribution in [-0.4, -0.2) is 37.2 Å². The van der Waals surface area contributed by atoms with Crippen molar-refractivity contribution in [3.63, 3.8) is 0 Å². The van der Waals surface area contributed by atoms with E-state index in [0.717, 1.165) is 135 Å². The van der Waals surface area contributed by atoms with Crippen LogP contribution in [0.5, 0.6) is 0 Å². The summed E-state index contributed by atoms with van der Waals surface area (Å²) < 4.78 is 16.7. The molecule has 0 rings (SSSR count). The van der Waals surface area contributed by atoms with E-state index in [1.807, 2.05) is 0 Å². The summed E-state index contributed by atoms with van der Waals surface area (Å²) in [6.45, 7) is 6.46. The van der Waals surface area contributed by atoms with Crippen LogP contribution >= 0.6 is 0 Å². The number of carbonyl (C=O) groups is 3. The van der Waals surface area contributed by atoms with Crippen LogP contribution in [-0.2, 0) is 28.6 Å². The fourth-order valence-electron chi connectivity index (χ4n) is 7.82. The van der Waals surface area contributed by atoms with Gasteiger partial charge in [0.2, 0.25) is 0 Å². The minimum absolute atomic E-state index is 0.0845. The van der Waals surface area contributed by atoms with Gasteiger partial charge in [-0.15, -0.1) is 0 Å². The molecular weight excluding hydrogens is 889 g/mol. The molecule has 0 aromatic rings. The highest BCUT2D eigenvalue weighted by molar-refractivity contribution is 5.71. The third-order valence-electron chi connectivity index (χ3n) is 12.2. The third kappa shape index (κ3) is 56.7. The van der Waals surface area contributed by atoms with Gasteiger partial charge in [-0.1, -0.05) is 264 Å². The summed E-state index contributed by atoms with van der Waals surface area (Å²) in [7, 11) is 0. The van der Waals surface area contributed by atoms with Crippen molar-refractivity contribution in [1.82, 2.24) is 0 Å². The van der Waals surface area contributed by atoms with Crippen LogP contribution in [0.1, 0.15) is 258 Å². The molecule has 0 saturated heterocycles. The number of rotatable bonds is 52. The summed E-state index contributed by atoms with van der Waals surface area (Å²) in [6, 6.07) is 0. The molecule has 0 bridgehead atoms. The lowest BCUT2D eigenvalue weighted by Crippen LogP contribution is -2.30. The Hall–Kier alpha value is -4.19. The van der Waals surface area contributed by atoms with Crippen LogP contribution in [0, 0.1) is 0 Å². The molecular formula is C66H108O6. The maximum Gasteiger partial charge on any atom is 0.306 e. The molecule has 0 aliphatic carbocycles. The van der Waals surface area contributed by atoms with Crippen LogP contribution in [0.25, 0.3) is 0 Å². The van der Waals surface area contributed by atoms with Crippen LogP contribution in [0.4, 0.5) is 0 Å². The van der Waals surface area contributed by atoms with Gasteiger partial charge in [0.15, 0.2) is 6.10 Å². The van der Waals surface area contributed by atoms with Crippen molar-refractivity contribution in [1.29, 1.82) is 0 Å². The molecule has 72 heavy (non-hydrogen) atoms. The van der Waals surface area contributed by atoms with E-state index in [-0.39, 0.29) is 31.1 Å². The molecule has 0 heterocycles. The standard InChI is InChI=1S/C66H108O6/c1-4-7-10-13-16-19-21-22-23-24-25-26-27-28-29-30-31-32-33-34-35-36-37-38-39-40-41-42-43-44-45-48-50-53-56-59-65(68)71-62-63(61-70-64(67)58-55-52-49-46-18-15-12-9-6-3)72-66(69)60-57-54-51-47-20-17-14-11-8-5-2/h7,10,16,19,22-23,25-26,28-29,31-32,34-35,37-38,40-41,43-44,63H,4-6,8-9,11-15,17-18,20-21,24,27,30,33,36,39,42,45-62H2,1-3H3/b10-7-,19-16-,23-22-,26-25-,29-28-,32-31-,35-34-,38-37-,41-40-,44-43-. The van der Waals surface area contributed by atoms with Crippen molar-refractivity contribution in [3.05, 3.63) is 122 Å². The first-order valence-corrected chi connectivity index (χ1v) is 29.5. The van der Waals surface area contributed by atoms with Crippen molar-refractivity contribution < 1.29 is 28.6 Å². The van der Waals surface area contributed by atoms with Crippen LogP contribution < -0.4 is 0 Å². The fourth-order valence-corrected chi connectivity index (χ4v) is 7.82. The Balaban J connectivity index is 4.17. The SMILES string of the molecule is CC/C=C\C/C=C\C/C=C\C/C=C\C/C=C\C/C=C\C/C=C\C/C=C\C/C=C\C/C=C\CCCCCCC(=O)OCC(COC(=O)CCCCCCCCCCC)OC(=O)CCCCCCCCCCCC. The lowest BCUT2D eigenvalue weighted by atomic mass is 10.1. The second kappa shape index (κ2) is 59.4. The third-order valence-corrected chi connectivity index (χ3v) is 12.2. The van der Waals surface area contributed by atoms with Crippen molar-refractivity contribution in [2.45, 2.75) is 264 Å². The van der Waals surface area contributed by atoms with Gasteiger partial charge < -0.3 is 14.2 Å². The zero-order valence-electron chi connectivity index (χ0n) is 46.7. The maximum atomic E-state index is 12.7. The van der Waals surface area contributed by atoms with E-state index >= 15 is 0 Å². The molecule has 0 spiro atoms. The average Bonchev–Trinajstić information content (AvgIpc) is 3.38. The summed E-state index contributed by atoms with van der Waals surface area (Å²) in [5.74, 6) is -0.917. The highest BCUT2D eigenvalue weighted by Gasteiger charge is 2.19. The number of hydrogen-bond acceptors (Lipinski definition) is 6. The molecule has 0 N–H and O–H groups in total. The molecule has 1 atom stereocenters. The minimum atomic E-state index is -0.784. The second-order valence-electron chi connectivity index (χ2n) is 19.2. The molecule has 0 aliphatic heterocycles. The van der Waals surface area contributed by atoms with Gasteiger partial charge in [0, 0.05) is 19.3 Å². The molecule has 0 aliphatic rings. The Kier molecular flexibility index (Phi) is 55.9. The van der Waals surface area contributed by atoms with Gasteiger partial charge in [-0.05, 0) is 96.3 Å². The van der Waals surface area contributed by atoms with Crippen LogP contribution in [0.15, 0.2) is 122 Å². The Morgan fingerprint density at radius 2 is 0.542 bits per heavy atom. The highest BCUT2D eigenvalue weighted by atomic mass is 16.6. The van der Waals surface area contributed by atoms with E-state index in [9.17, 15) is 14.4 Å². The van der Waals surface area contributed by atoms with Crippen molar-refractivity contribution in [2.75, 3.05) is 13.2 Å². The molecule has 0 fully saturated rings. The molecule has 408 valence electrons. The van der Waals surface area contributed by atoms with E-state index in [0.29, 0.717) is 19.3 Å². The van der Waals surface area contributed by atoms with Crippen molar-refractivity contribution in [3.8, 4) is 0 Å². The van der Waals surface area contributed by atoms with Crippen LogP contribution in [0.3, 0.4) is 0 Å². The molecule has 6 heteroatoms. The normalized spacial score (nSPS) is 13.0. The van der Waals surface area contributed by atoms with Gasteiger partial charge in [0.1, 0.15) is 13.2 Å². The monoisotopic (exact) mass is 997 g/mol. The molecule has 6 nitrogen and oxygen atoms in total. The Morgan fingerprint density at radius 1 is 0.292 bits per heavy atom. The quantitative estimate of drug-likeness (QED) is 0.0261. The highest BCUT2D eigenvalue weighted by Crippen LogP contribution is 2.14. The van der Waals surface area contributed by atoms with E-state index in [2.05, 4.69) is 142 Å². The Morgan fingerprint density at radius 3 is 0.847 bits per heavy atom. The van der Waals surface area contributed by atoms with Crippen LogP contribution in [0.2, 0.25) is 0 Å². The summed E-state index contributed by atoms with van der Waals surface area (Å²) >= 11 is 0. The number of esters is 3. The zero-order chi connectivity index (χ0) is 52.2. The average molecular weight is 998 g/mol. The van der Waals surface area contributed by atoms with Gasteiger partial charge in [-0.25, -0.2) is 0 Å². The van der Waals surface area contributed by atoms with E-state index in [1.165, 1.54) is 83.5 Å². The molecule has 0 aromatic carbocycles. The number of ether oxygens (including phenoxy) is 3. The summed E-state index contributed by atoms with van der Waals surface area (Å²) in [5.41, 5.74) is 0. The predicted molar refractivity (Wildman–Crippen MR) is 311 cm³/mol. The summed E-state index contributed by atoms with van der Waals surface area (Å²) in [5, 5.41) is 0. The first-order chi connectivity index (χ1) is 35.5. The number of allylic oxidation sites excluding steroid dienone is 20. The predicted octanol–water partition coefficient (Wildman–Crippen LogP) is 20.0. The number of unbranched alkanes of at least 4 members (excludes halogenated alkanes) is 21. The second-order valence-corrected chi connectivity index (χ2v) is 19.2. The largest absolute Gasteiger partial charge is 0.462 e. The maximum absolute atomic E-state index is 12.7. The first kappa shape index (κ1) is 67.8. The Labute approximate surface area is 443 Å². The lowest BCUT2D eigenvalue weighted by Gasteiger charge is -2.18. The molecule has 0 radical (unpaired) electrons. The number of hydrogen-bond donors (Lipinski definition) is 0. The lowest BCUT2D eigenvalue weighted by molar-refractivity contribution is -0.167. The van der Waals surface area contributed by atoms with Gasteiger partial charge in [-0.3, -0.25) is 14.4 Å². The van der Waals surface area contributed by atoms with Gasteiger partial charge in [0.25, 0.3) is 0 Å². The smallest absolute Gasteiger partial charge is 0.306 e. The van der Waals surface area contributed by atoms with E-state index in [4.69, 9.17) is 14.2 Å². The zero-order valence-corrected chi connectivity index (χ0v) is 46.7. The minimum Gasteiger partial charge on any atom is -0.462 e. The molecule has 1 unspecified atom stereocenters. The topological polar surface area (TPSA) is 78.9 Å². The molecule has 0 aromatic heterocycles. The first-order valence-electron chi connectivity index (χ1n) is 29.5. The van der Waals surface area contributed by atoms with Gasteiger partial charge in [0.05, 0.1) is 0 Å². The van der Waals surface area contributed by atoms with Crippen molar-refractivity contribution >= 4 is 17.9 Å². The fraction of sp³-hybridized carbons (Fsp3) is 0.652. The van der Waals surface area contributed by atoms with Crippen molar-refractivity contribution in [2.24, 2.45) is 0 Å². The van der Waals surface area contributed by atoms with Gasteiger partial charge >= 0.3 is 17.9 Å². The summed E-state index contributed by atoms with van der Waals surface area (Å²) in [4.78, 5) is 37.9. The molecule has 0 amide bonds. The summed E-state index contributed by atoms with van der Waals surface area (Å²) in [6.07, 6.45) is 82.2. The van der Waals surface area contributed by atoms with E-state index in [1.54, 1.807) is 0 Å². The Bertz CT molecular complexity index is 1520. The molecule has 0 saturated carbocycles. The van der Waals surface area contributed by atoms with E-state index < -0.39 is 6.10 Å².